The smallest absolute Gasteiger partial charge is 0.293 e. The Morgan fingerprint density at radius 2 is 2.13 bits per heavy atom. The van der Waals surface area contributed by atoms with Crippen molar-refractivity contribution >= 4 is 6.47 Å². The van der Waals surface area contributed by atoms with Gasteiger partial charge in [0.05, 0.1) is 6.10 Å². The van der Waals surface area contributed by atoms with E-state index in [0.717, 1.165) is 11.1 Å². The number of carbonyl (C=O) groups excluding carboxylic acids is 1. The van der Waals surface area contributed by atoms with Gasteiger partial charge in [-0.05, 0) is 11.1 Å². The number of aliphatic hydroxyl groups is 1. The van der Waals surface area contributed by atoms with Gasteiger partial charge in [0.15, 0.2) is 0 Å². The number of hydrogen-bond acceptors (Lipinski definition) is 3. The Bertz CT molecular complexity index is 348. The maximum atomic E-state index is 9.95. The Morgan fingerprint density at radius 1 is 1.47 bits per heavy atom. The quantitative estimate of drug-likeness (QED) is 0.582. The Balaban J connectivity index is 2.63. The van der Waals surface area contributed by atoms with Crippen LogP contribution in [0.4, 0.5) is 0 Å². The lowest BCUT2D eigenvalue weighted by atomic mass is 10.1. The molecule has 0 bridgehead atoms. The molecule has 0 aromatic heterocycles. The minimum absolute atomic E-state index is 0.245. The molecule has 0 aliphatic rings. The van der Waals surface area contributed by atoms with Gasteiger partial charge in [0.25, 0.3) is 6.47 Å². The van der Waals surface area contributed by atoms with Gasteiger partial charge in [-0.2, -0.15) is 0 Å². The van der Waals surface area contributed by atoms with Crippen molar-refractivity contribution in [1.29, 1.82) is 0 Å². The molecule has 1 N–H and O–H groups in total. The van der Waals surface area contributed by atoms with E-state index >= 15 is 0 Å². The lowest BCUT2D eigenvalue weighted by Crippen LogP contribution is -1.97. The highest BCUT2D eigenvalue weighted by molar-refractivity contribution is 5.37. The summed E-state index contributed by atoms with van der Waals surface area (Å²) >= 11 is 0. The van der Waals surface area contributed by atoms with Crippen molar-refractivity contribution in [1.82, 2.24) is 0 Å². The van der Waals surface area contributed by atoms with Crippen LogP contribution in [-0.4, -0.2) is 11.6 Å². The largest absolute Gasteiger partial charge is 0.463 e. The van der Waals surface area contributed by atoms with E-state index in [1.54, 1.807) is 24.3 Å². The summed E-state index contributed by atoms with van der Waals surface area (Å²) < 4.78 is 4.59. The highest BCUT2D eigenvalue weighted by Crippen LogP contribution is 2.16. The topological polar surface area (TPSA) is 46.5 Å². The summed E-state index contributed by atoms with van der Waals surface area (Å²) in [6, 6.07) is 7.12. The summed E-state index contributed by atoms with van der Waals surface area (Å²) in [5.74, 6) is 2.39. The molecule has 3 nitrogen and oxygen atoms in total. The van der Waals surface area contributed by atoms with Crippen LogP contribution in [0.1, 0.15) is 23.7 Å². The average molecular weight is 204 g/mol. The Hall–Kier alpha value is -1.79. The third kappa shape index (κ3) is 3.45. The maximum absolute atomic E-state index is 9.95. The third-order valence-corrected chi connectivity index (χ3v) is 1.99. The molecule has 78 valence electrons. The first-order valence-electron chi connectivity index (χ1n) is 4.53. The lowest BCUT2D eigenvalue weighted by Gasteiger charge is -2.08. The van der Waals surface area contributed by atoms with E-state index in [4.69, 9.17) is 6.42 Å². The molecule has 1 aromatic carbocycles. The number of benzene rings is 1. The monoisotopic (exact) mass is 204 g/mol. The summed E-state index contributed by atoms with van der Waals surface area (Å²) in [6.07, 6.45) is 4.76. The Labute approximate surface area is 88.7 Å². The molecule has 0 heterocycles. The van der Waals surface area contributed by atoms with Gasteiger partial charge in [0.2, 0.25) is 0 Å². The van der Waals surface area contributed by atoms with Crippen molar-refractivity contribution in [3.63, 3.8) is 0 Å². The van der Waals surface area contributed by atoms with Crippen LogP contribution in [-0.2, 0) is 16.1 Å². The maximum Gasteiger partial charge on any atom is 0.293 e. The van der Waals surface area contributed by atoms with Crippen molar-refractivity contribution < 1.29 is 14.6 Å². The molecule has 1 aromatic rings. The second-order valence-electron chi connectivity index (χ2n) is 3.07. The van der Waals surface area contributed by atoms with Gasteiger partial charge < -0.3 is 9.84 Å². The molecule has 0 unspecified atom stereocenters. The van der Waals surface area contributed by atoms with Gasteiger partial charge in [0, 0.05) is 6.42 Å². The summed E-state index contributed by atoms with van der Waals surface area (Å²) in [5, 5.41) is 9.56. The zero-order valence-electron chi connectivity index (χ0n) is 8.22. The first-order valence-corrected chi connectivity index (χ1v) is 4.53. The van der Waals surface area contributed by atoms with E-state index in [1.807, 2.05) is 0 Å². The lowest BCUT2D eigenvalue weighted by molar-refractivity contribution is -0.129. The summed E-state index contributed by atoms with van der Waals surface area (Å²) in [7, 11) is 0. The highest BCUT2D eigenvalue weighted by Gasteiger charge is 2.04. The van der Waals surface area contributed by atoms with Crippen molar-refractivity contribution in [3.8, 4) is 12.3 Å². The van der Waals surface area contributed by atoms with E-state index in [-0.39, 0.29) is 6.61 Å². The fourth-order valence-electron chi connectivity index (χ4n) is 1.20. The van der Waals surface area contributed by atoms with Gasteiger partial charge in [-0.3, -0.25) is 4.79 Å². The van der Waals surface area contributed by atoms with E-state index in [9.17, 15) is 9.90 Å². The molecule has 0 radical (unpaired) electrons. The highest BCUT2D eigenvalue weighted by atomic mass is 16.5. The molecule has 0 aliphatic carbocycles. The third-order valence-electron chi connectivity index (χ3n) is 1.99. The number of aliphatic hydroxyl groups excluding tert-OH is 1. The van der Waals surface area contributed by atoms with Crippen LogP contribution in [0.3, 0.4) is 0 Å². The summed E-state index contributed by atoms with van der Waals surface area (Å²) in [4.78, 5) is 9.95. The van der Waals surface area contributed by atoms with E-state index in [0.29, 0.717) is 12.9 Å². The van der Waals surface area contributed by atoms with Crippen molar-refractivity contribution in [2.24, 2.45) is 0 Å². The summed E-state index contributed by atoms with van der Waals surface area (Å²) in [6.45, 7) is 0.649. The molecule has 0 fully saturated rings. The van der Waals surface area contributed by atoms with E-state index < -0.39 is 6.10 Å². The molecule has 0 saturated heterocycles. The van der Waals surface area contributed by atoms with Gasteiger partial charge in [-0.25, -0.2) is 0 Å². The molecule has 3 heteroatoms. The minimum atomic E-state index is -0.629. The number of terminal acetylenes is 1. The first-order chi connectivity index (χ1) is 7.27. The fourth-order valence-corrected chi connectivity index (χ4v) is 1.20. The van der Waals surface area contributed by atoms with Crippen LogP contribution in [0.2, 0.25) is 0 Å². The standard InChI is InChI=1S/C12H12O3/c1-2-3-12(14)11-6-4-10(5-7-11)8-15-9-13/h1,4-7,9,12,14H,3,8H2/t12-/m1/s1. The molecule has 0 aliphatic heterocycles. The normalized spacial score (nSPS) is 11.5. The van der Waals surface area contributed by atoms with Crippen LogP contribution in [0.5, 0.6) is 0 Å². The number of rotatable bonds is 5. The fraction of sp³-hybridized carbons (Fsp3) is 0.250. The van der Waals surface area contributed by atoms with Gasteiger partial charge in [-0.15, -0.1) is 12.3 Å². The Morgan fingerprint density at radius 3 is 2.67 bits per heavy atom. The molecular formula is C12H12O3. The minimum Gasteiger partial charge on any atom is -0.463 e. The molecule has 0 spiro atoms. The molecular weight excluding hydrogens is 192 g/mol. The molecule has 1 atom stereocenters. The zero-order chi connectivity index (χ0) is 11.1. The number of carbonyl (C=O) groups is 1. The summed E-state index contributed by atoms with van der Waals surface area (Å²) in [5.41, 5.74) is 1.64. The van der Waals surface area contributed by atoms with Crippen molar-refractivity contribution in [2.75, 3.05) is 0 Å². The number of hydrogen-bond donors (Lipinski definition) is 1. The van der Waals surface area contributed by atoms with Crippen LogP contribution in [0.25, 0.3) is 0 Å². The SMILES string of the molecule is C#CC[C@@H](O)c1ccc(COC=O)cc1. The van der Waals surface area contributed by atoms with Gasteiger partial charge in [0.1, 0.15) is 6.61 Å². The van der Waals surface area contributed by atoms with Crippen molar-refractivity contribution in [3.05, 3.63) is 35.4 Å². The average Bonchev–Trinajstić information content (AvgIpc) is 2.27. The predicted molar refractivity (Wildman–Crippen MR) is 55.7 cm³/mol. The zero-order valence-corrected chi connectivity index (χ0v) is 8.22. The number of ether oxygens (including phenoxy) is 1. The van der Waals surface area contributed by atoms with Crippen LogP contribution < -0.4 is 0 Å². The van der Waals surface area contributed by atoms with E-state index in [2.05, 4.69) is 10.7 Å². The molecule has 15 heavy (non-hydrogen) atoms. The van der Waals surface area contributed by atoms with Gasteiger partial charge in [-0.1, -0.05) is 24.3 Å². The van der Waals surface area contributed by atoms with E-state index in [1.165, 1.54) is 0 Å². The molecule has 0 saturated carbocycles. The van der Waals surface area contributed by atoms with Crippen LogP contribution in [0.15, 0.2) is 24.3 Å². The van der Waals surface area contributed by atoms with Crippen LogP contribution in [0, 0.1) is 12.3 Å². The van der Waals surface area contributed by atoms with Gasteiger partial charge >= 0.3 is 0 Å². The first kappa shape index (κ1) is 11.3. The Kier molecular flexibility index (Phi) is 4.39. The second kappa shape index (κ2) is 5.84. The molecule has 0 amide bonds. The predicted octanol–water partition coefficient (Wildman–Crippen LogP) is 1.42. The van der Waals surface area contributed by atoms with Crippen LogP contribution >= 0.6 is 0 Å². The molecule has 1 rings (SSSR count). The second-order valence-corrected chi connectivity index (χ2v) is 3.07. The van der Waals surface area contributed by atoms with Crippen molar-refractivity contribution in [2.45, 2.75) is 19.1 Å².